The number of hydrogen-bond donors (Lipinski definition) is 1. The molecule has 1 aliphatic heterocycles. The number of anilines is 1. The lowest BCUT2D eigenvalue weighted by Crippen LogP contribution is -2.49. The Balaban J connectivity index is 1.50. The van der Waals surface area contributed by atoms with E-state index in [4.69, 9.17) is 0 Å². The highest BCUT2D eigenvalue weighted by atomic mass is 32.2. The molecule has 0 spiro atoms. The summed E-state index contributed by atoms with van der Waals surface area (Å²) in [6.45, 7) is 8.17. The first kappa shape index (κ1) is 26.7. The Morgan fingerprint density at radius 1 is 1.00 bits per heavy atom. The molecule has 3 aromatic carbocycles. The molecule has 8 heteroatoms. The van der Waals surface area contributed by atoms with Crippen molar-refractivity contribution in [3.63, 3.8) is 0 Å². The second-order valence-electron chi connectivity index (χ2n) is 9.75. The summed E-state index contributed by atoms with van der Waals surface area (Å²) in [6, 6.07) is 18.0. The van der Waals surface area contributed by atoms with E-state index in [-0.39, 0.29) is 30.8 Å². The lowest BCUT2D eigenvalue weighted by Gasteiger charge is -2.30. The Kier molecular flexibility index (Phi) is 7.87. The molecule has 0 saturated carbocycles. The van der Waals surface area contributed by atoms with Crippen LogP contribution in [-0.4, -0.2) is 43.8 Å². The molecule has 0 aliphatic carbocycles. The molecule has 0 radical (unpaired) electrons. The van der Waals surface area contributed by atoms with E-state index in [0.29, 0.717) is 23.5 Å². The van der Waals surface area contributed by atoms with E-state index in [1.54, 1.807) is 24.0 Å². The Labute approximate surface area is 219 Å². The van der Waals surface area contributed by atoms with E-state index in [2.05, 4.69) is 5.32 Å². The SMILES string of the molecule is CC[C@H](C)NC(=O)[C@@H](C)N(Cc1ccccc1C)C(=O)CCCN1c2cccc3cccc(c23)S1(=O)=O. The summed E-state index contributed by atoms with van der Waals surface area (Å²) in [5.74, 6) is -0.372. The summed E-state index contributed by atoms with van der Waals surface area (Å²) >= 11 is 0. The maximum atomic E-state index is 13.5. The third kappa shape index (κ3) is 5.34. The molecule has 4 rings (SSSR count). The number of rotatable bonds is 10. The van der Waals surface area contributed by atoms with E-state index in [1.165, 1.54) is 4.31 Å². The third-order valence-electron chi connectivity index (χ3n) is 7.20. The maximum absolute atomic E-state index is 13.5. The summed E-state index contributed by atoms with van der Waals surface area (Å²) in [7, 11) is -3.67. The van der Waals surface area contributed by atoms with Gasteiger partial charge < -0.3 is 10.2 Å². The van der Waals surface area contributed by atoms with Crippen LogP contribution in [0.25, 0.3) is 10.8 Å². The second-order valence-corrected chi connectivity index (χ2v) is 11.6. The van der Waals surface area contributed by atoms with Gasteiger partial charge >= 0.3 is 0 Å². The van der Waals surface area contributed by atoms with E-state index >= 15 is 0 Å². The molecule has 37 heavy (non-hydrogen) atoms. The van der Waals surface area contributed by atoms with E-state index in [1.807, 2.05) is 69.3 Å². The van der Waals surface area contributed by atoms with Gasteiger partial charge in [0.25, 0.3) is 10.0 Å². The Morgan fingerprint density at radius 2 is 1.70 bits per heavy atom. The van der Waals surface area contributed by atoms with E-state index < -0.39 is 16.1 Å². The largest absolute Gasteiger partial charge is 0.352 e. The Morgan fingerprint density at radius 3 is 2.41 bits per heavy atom. The number of sulfonamides is 1. The maximum Gasteiger partial charge on any atom is 0.265 e. The zero-order valence-corrected chi connectivity index (χ0v) is 22.7. The van der Waals surface area contributed by atoms with Gasteiger partial charge in [-0.25, -0.2) is 8.42 Å². The number of nitrogens with one attached hydrogen (secondary N) is 1. The van der Waals surface area contributed by atoms with E-state index in [0.717, 1.165) is 28.3 Å². The molecule has 1 heterocycles. The smallest absolute Gasteiger partial charge is 0.265 e. The highest BCUT2D eigenvalue weighted by Crippen LogP contribution is 2.42. The number of amides is 2. The van der Waals surface area contributed by atoms with Gasteiger partial charge in [0.2, 0.25) is 11.8 Å². The molecule has 0 unspecified atom stereocenters. The molecule has 2 amide bonds. The van der Waals surface area contributed by atoms with Gasteiger partial charge in [-0.15, -0.1) is 0 Å². The standard InChI is InChI=1S/C29H35N3O4S/c1-5-21(3)30-29(34)22(4)31(19-24-12-7-6-11-20(24)2)27(33)17-10-18-32-25-15-8-13-23-14-9-16-26(28(23)25)37(32,35)36/h6-9,11-16,21-22H,5,10,17-19H2,1-4H3,(H,30,34)/t21-,22+/m0/s1. The average molecular weight is 522 g/mol. The van der Waals surface area contributed by atoms with Gasteiger partial charge in [0.1, 0.15) is 6.04 Å². The fourth-order valence-electron chi connectivity index (χ4n) is 4.74. The van der Waals surface area contributed by atoms with Crippen LogP contribution in [0.2, 0.25) is 0 Å². The van der Waals surface area contributed by atoms with Crippen LogP contribution >= 0.6 is 0 Å². The fraction of sp³-hybridized carbons (Fsp3) is 0.379. The van der Waals surface area contributed by atoms with Crippen molar-refractivity contribution in [3.8, 4) is 0 Å². The molecule has 1 N–H and O–H groups in total. The number of benzene rings is 3. The average Bonchev–Trinajstić information content (AvgIpc) is 3.10. The highest BCUT2D eigenvalue weighted by Gasteiger charge is 2.35. The van der Waals surface area contributed by atoms with Crippen molar-refractivity contribution in [2.75, 3.05) is 10.8 Å². The first-order chi connectivity index (χ1) is 17.6. The van der Waals surface area contributed by atoms with Crippen LogP contribution in [-0.2, 0) is 26.2 Å². The fourth-order valence-corrected chi connectivity index (χ4v) is 6.48. The van der Waals surface area contributed by atoms with Crippen molar-refractivity contribution in [1.82, 2.24) is 10.2 Å². The summed E-state index contributed by atoms with van der Waals surface area (Å²) < 4.78 is 27.9. The zero-order valence-electron chi connectivity index (χ0n) is 21.9. The summed E-state index contributed by atoms with van der Waals surface area (Å²) in [4.78, 5) is 28.3. The van der Waals surface area contributed by atoms with Gasteiger partial charge in [0.05, 0.1) is 10.6 Å². The summed E-state index contributed by atoms with van der Waals surface area (Å²) in [5, 5.41) is 4.58. The quantitative estimate of drug-likeness (QED) is 0.416. The molecular formula is C29H35N3O4S. The molecule has 3 aromatic rings. The van der Waals surface area contributed by atoms with Crippen LogP contribution in [0.5, 0.6) is 0 Å². The molecule has 2 atom stereocenters. The number of hydrogen-bond acceptors (Lipinski definition) is 4. The predicted octanol–water partition coefficient (Wildman–Crippen LogP) is 4.77. The summed E-state index contributed by atoms with van der Waals surface area (Å²) in [6.07, 6.45) is 1.27. The minimum Gasteiger partial charge on any atom is -0.352 e. The minimum absolute atomic E-state index is 0.00933. The van der Waals surface area contributed by atoms with E-state index in [9.17, 15) is 18.0 Å². The molecule has 0 aromatic heterocycles. The van der Waals surface area contributed by atoms with Crippen LogP contribution in [0.3, 0.4) is 0 Å². The second kappa shape index (κ2) is 10.9. The van der Waals surface area contributed by atoms with Gasteiger partial charge in [-0.05, 0) is 62.3 Å². The normalized spacial score (nSPS) is 15.4. The van der Waals surface area contributed by atoms with Crippen molar-refractivity contribution < 1.29 is 18.0 Å². The van der Waals surface area contributed by atoms with Crippen molar-refractivity contribution >= 4 is 38.3 Å². The van der Waals surface area contributed by atoms with Crippen LogP contribution in [0.1, 0.15) is 51.2 Å². The minimum atomic E-state index is -3.67. The number of carbonyl (C=O) groups excluding carboxylic acids is 2. The van der Waals surface area contributed by atoms with Crippen LogP contribution < -0.4 is 9.62 Å². The number of nitrogens with zero attached hydrogens (tertiary/aromatic N) is 2. The van der Waals surface area contributed by atoms with Crippen molar-refractivity contribution in [1.29, 1.82) is 0 Å². The molecule has 1 aliphatic rings. The first-order valence-electron chi connectivity index (χ1n) is 12.8. The molecular weight excluding hydrogens is 486 g/mol. The van der Waals surface area contributed by atoms with Crippen LogP contribution in [0, 0.1) is 6.92 Å². The Hall–Kier alpha value is -3.39. The van der Waals surface area contributed by atoms with Gasteiger partial charge in [0, 0.05) is 30.9 Å². The topological polar surface area (TPSA) is 86.8 Å². The number of aryl methyl sites for hydroxylation is 1. The third-order valence-corrected chi connectivity index (χ3v) is 9.06. The lowest BCUT2D eigenvalue weighted by atomic mass is 10.1. The van der Waals surface area contributed by atoms with Gasteiger partial charge in [-0.2, -0.15) is 0 Å². The van der Waals surface area contributed by atoms with Gasteiger partial charge in [-0.1, -0.05) is 55.5 Å². The van der Waals surface area contributed by atoms with Crippen molar-refractivity contribution in [2.45, 2.75) is 70.5 Å². The molecule has 196 valence electrons. The first-order valence-corrected chi connectivity index (χ1v) is 14.3. The molecule has 0 fully saturated rings. The highest BCUT2D eigenvalue weighted by molar-refractivity contribution is 7.93. The van der Waals surface area contributed by atoms with Crippen molar-refractivity contribution in [2.24, 2.45) is 0 Å². The predicted molar refractivity (Wildman–Crippen MR) is 147 cm³/mol. The zero-order chi connectivity index (χ0) is 26.7. The lowest BCUT2D eigenvalue weighted by molar-refractivity contribution is -0.140. The monoisotopic (exact) mass is 521 g/mol. The van der Waals surface area contributed by atoms with Crippen LogP contribution in [0.4, 0.5) is 5.69 Å². The Bertz CT molecular complexity index is 1410. The summed E-state index contributed by atoms with van der Waals surface area (Å²) in [5.41, 5.74) is 2.67. The van der Waals surface area contributed by atoms with Gasteiger partial charge in [-0.3, -0.25) is 13.9 Å². The molecule has 7 nitrogen and oxygen atoms in total. The van der Waals surface area contributed by atoms with Crippen LogP contribution in [0.15, 0.2) is 65.6 Å². The molecule has 0 saturated heterocycles. The molecule has 0 bridgehead atoms. The number of carbonyl (C=O) groups is 2. The van der Waals surface area contributed by atoms with Crippen molar-refractivity contribution in [3.05, 3.63) is 71.8 Å². The van der Waals surface area contributed by atoms with Gasteiger partial charge in [0.15, 0.2) is 0 Å².